The van der Waals surface area contributed by atoms with Gasteiger partial charge in [-0.25, -0.2) is 9.98 Å². The summed E-state index contributed by atoms with van der Waals surface area (Å²) < 4.78 is 77.3. The molecule has 0 radical (unpaired) electrons. The number of rotatable bonds is 0. The van der Waals surface area contributed by atoms with E-state index in [2.05, 4.69) is 9.98 Å². The van der Waals surface area contributed by atoms with Crippen molar-refractivity contribution in [1.82, 2.24) is 4.98 Å². The molecule has 3 rings (SSSR count). The molecule has 1 aromatic heterocycles. The average Bonchev–Trinajstić information content (AvgIpc) is 2.44. The molecule has 0 spiro atoms. The van der Waals surface area contributed by atoms with E-state index in [0.717, 1.165) is 6.07 Å². The van der Waals surface area contributed by atoms with Gasteiger partial charge in [-0.3, -0.25) is 0 Å². The lowest BCUT2D eigenvalue weighted by atomic mass is 9.89. The molecule has 0 aliphatic carbocycles. The normalized spacial score (nSPS) is 18.7. The second-order valence-electron chi connectivity index (χ2n) is 5.43. The van der Waals surface area contributed by atoms with E-state index in [1.165, 1.54) is 6.07 Å². The van der Waals surface area contributed by atoms with Gasteiger partial charge in [0.25, 0.3) is 0 Å². The summed E-state index contributed by atoms with van der Waals surface area (Å²) in [6, 6.07) is 5.13. The number of nitrogens with zero attached hydrogens (tertiary/aromatic N) is 2. The smallest absolute Gasteiger partial charge is 0.246 e. The van der Waals surface area contributed by atoms with Crippen molar-refractivity contribution in [3.8, 4) is 0 Å². The van der Waals surface area contributed by atoms with Crippen molar-refractivity contribution >= 4 is 22.3 Å². The second-order valence-corrected chi connectivity index (χ2v) is 5.43. The van der Waals surface area contributed by atoms with Crippen LogP contribution in [0.15, 0.2) is 29.3 Å². The van der Waals surface area contributed by atoms with Gasteiger partial charge in [-0.05, 0) is 17.5 Å². The van der Waals surface area contributed by atoms with Gasteiger partial charge >= 0.3 is 12.4 Å². The van der Waals surface area contributed by atoms with Gasteiger partial charge in [0.15, 0.2) is 0 Å². The Morgan fingerprint density at radius 2 is 1.61 bits per heavy atom. The Morgan fingerprint density at radius 3 is 2.22 bits per heavy atom. The lowest BCUT2D eigenvalue weighted by molar-refractivity contribution is -0.140. The molecule has 1 aliphatic rings. The fraction of sp³-hybridized carbons (Fsp3) is 0.333. The molecule has 1 unspecified atom stereocenters. The molecule has 23 heavy (non-hydrogen) atoms. The third-order valence-electron chi connectivity index (χ3n) is 3.76. The van der Waals surface area contributed by atoms with Gasteiger partial charge in [0.1, 0.15) is 11.4 Å². The lowest BCUT2D eigenvalue weighted by Gasteiger charge is -2.24. The molecular weight excluding hydrogens is 322 g/mol. The van der Waals surface area contributed by atoms with E-state index in [9.17, 15) is 26.3 Å². The molecular formula is C15H10F6N2. The topological polar surface area (TPSA) is 25.2 Å². The van der Waals surface area contributed by atoms with Gasteiger partial charge in [-0.2, -0.15) is 26.3 Å². The lowest BCUT2D eigenvalue weighted by Crippen LogP contribution is -2.26. The van der Waals surface area contributed by atoms with Gasteiger partial charge < -0.3 is 0 Å². The molecule has 2 nitrogen and oxygen atoms in total. The summed E-state index contributed by atoms with van der Waals surface area (Å²) in [4.78, 5) is 7.09. The molecule has 2 heterocycles. The SMILES string of the molecule is CC1CC(C(F)(F)F)=Nc2c1ccc1ccc(C(F)(F)F)nc21. The van der Waals surface area contributed by atoms with Crippen molar-refractivity contribution in [2.75, 3.05) is 0 Å². The summed E-state index contributed by atoms with van der Waals surface area (Å²) in [5, 5.41) is 0.316. The minimum absolute atomic E-state index is 0.125. The summed E-state index contributed by atoms with van der Waals surface area (Å²) in [6.07, 6.45) is -9.59. The number of pyridine rings is 1. The molecule has 0 saturated carbocycles. The van der Waals surface area contributed by atoms with E-state index in [0.29, 0.717) is 10.9 Å². The van der Waals surface area contributed by atoms with Gasteiger partial charge in [0.05, 0.1) is 11.2 Å². The molecule has 0 saturated heterocycles. The number of aromatic nitrogens is 1. The molecule has 0 bridgehead atoms. The van der Waals surface area contributed by atoms with Gasteiger partial charge in [-0.15, -0.1) is 0 Å². The first-order chi connectivity index (χ1) is 10.6. The molecule has 0 N–H and O–H groups in total. The van der Waals surface area contributed by atoms with E-state index in [1.54, 1.807) is 19.1 Å². The van der Waals surface area contributed by atoms with Crippen molar-refractivity contribution in [2.24, 2.45) is 4.99 Å². The number of halogens is 6. The van der Waals surface area contributed by atoms with Crippen molar-refractivity contribution in [1.29, 1.82) is 0 Å². The Bertz CT molecular complexity index is 804. The number of benzene rings is 1. The Hall–Kier alpha value is -2.12. The quantitative estimate of drug-likeness (QED) is 0.593. The van der Waals surface area contributed by atoms with Crippen LogP contribution in [-0.4, -0.2) is 16.9 Å². The summed E-state index contributed by atoms with van der Waals surface area (Å²) in [5.41, 5.74) is -1.97. The van der Waals surface area contributed by atoms with Gasteiger partial charge in [0.2, 0.25) is 0 Å². The molecule has 0 amide bonds. The molecule has 0 fully saturated rings. The van der Waals surface area contributed by atoms with Crippen LogP contribution >= 0.6 is 0 Å². The number of hydrogen-bond donors (Lipinski definition) is 0. The fourth-order valence-corrected chi connectivity index (χ4v) is 2.62. The van der Waals surface area contributed by atoms with E-state index < -0.39 is 29.7 Å². The van der Waals surface area contributed by atoms with Gasteiger partial charge in [0, 0.05) is 11.8 Å². The zero-order valence-corrected chi connectivity index (χ0v) is 11.8. The van der Waals surface area contributed by atoms with E-state index >= 15 is 0 Å². The van der Waals surface area contributed by atoms with Crippen molar-refractivity contribution in [3.05, 3.63) is 35.5 Å². The highest BCUT2D eigenvalue weighted by Crippen LogP contribution is 2.42. The monoisotopic (exact) mass is 332 g/mol. The first kappa shape index (κ1) is 15.8. The second kappa shape index (κ2) is 4.94. The largest absolute Gasteiger partial charge is 0.433 e. The number of hydrogen-bond acceptors (Lipinski definition) is 2. The predicted molar refractivity (Wildman–Crippen MR) is 72.9 cm³/mol. The van der Waals surface area contributed by atoms with Crippen LogP contribution in [0.25, 0.3) is 10.9 Å². The van der Waals surface area contributed by atoms with Crippen LogP contribution in [0, 0.1) is 0 Å². The first-order valence-electron chi connectivity index (χ1n) is 6.73. The van der Waals surface area contributed by atoms with E-state index in [-0.39, 0.29) is 17.6 Å². The third-order valence-corrected chi connectivity index (χ3v) is 3.76. The highest BCUT2D eigenvalue weighted by Gasteiger charge is 2.39. The highest BCUT2D eigenvalue weighted by atomic mass is 19.4. The molecule has 1 atom stereocenters. The molecule has 8 heteroatoms. The van der Waals surface area contributed by atoms with Crippen LogP contribution in [0.2, 0.25) is 0 Å². The Balaban J connectivity index is 2.29. The fourth-order valence-electron chi connectivity index (χ4n) is 2.62. The number of aliphatic imine (C=N–C) groups is 1. The molecule has 1 aromatic carbocycles. The minimum atomic E-state index is -4.67. The maximum absolute atomic E-state index is 12.9. The minimum Gasteiger partial charge on any atom is -0.246 e. The number of fused-ring (bicyclic) bond motifs is 3. The summed E-state index contributed by atoms with van der Waals surface area (Å²) in [5.74, 6) is -0.500. The van der Waals surface area contributed by atoms with Crippen molar-refractivity contribution in [2.45, 2.75) is 31.6 Å². The Labute approximate surface area is 126 Å². The van der Waals surface area contributed by atoms with Crippen molar-refractivity contribution < 1.29 is 26.3 Å². The van der Waals surface area contributed by atoms with E-state index in [4.69, 9.17) is 0 Å². The summed E-state index contributed by atoms with van der Waals surface area (Å²) >= 11 is 0. The van der Waals surface area contributed by atoms with Gasteiger partial charge in [-0.1, -0.05) is 25.1 Å². The maximum atomic E-state index is 12.9. The van der Waals surface area contributed by atoms with Crippen LogP contribution < -0.4 is 0 Å². The zero-order chi connectivity index (χ0) is 17.0. The summed E-state index contributed by atoms with van der Waals surface area (Å²) in [6.45, 7) is 1.58. The van der Waals surface area contributed by atoms with Crippen LogP contribution in [0.5, 0.6) is 0 Å². The van der Waals surface area contributed by atoms with Crippen LogP contribution in [-0.2, 0) is 6.18 Å². The van der Waals surface area contributed by atoms with Crippen LogP contribution in [0.4, 0.5) is 32.0 Å². The average molecular weight is 332 g/mol. The predicted octanol–water partition coefficient (Wildman–Crippen LogP) is 5.40. The third kappa shape index (κ3) is 2.77. The first-order valence-corrected chi connectivity index (χ1v) is 6.73. The molecule has 1 aliphatic heterocycles. The zero-order valence-electron chi connectivity index (χ0n) is 11.8. The van der Waals surface area contributed by atoms with E-state index in [1.807, 2.05) is 0 Å². The Kier molecular flexibility index (Phi) is 3.38. The highest BCUT2D eigenvalue weighted by molar-refractivity contribution is 6.00. The maximum Gasteiger partial charge on any atom is 0.433 e. The van der Waals surface area contributed by atoms with Crippen LogP contribution in [0.1, 0.15) is 30.5 Å². The standard InChI is InChI=1S/C15H10F6N2/c1-7-6-11(15(19,20)21)23-13-9(7)4-2-8-3-5-10(14(16,17)18)22-12(8)13/h2-5,7H,6H2,1H3. The van der Waals surface area contributed by atoms with Crippen LogP contribution in [0.3, 0.4) is 0 Å². The number of alkyl halides is 6. The molecule has 2 aromatic rings. The Morgan fingerprint density at radius 1 is 0.957 bits per heavy atom. The summed E-state index contributed by atoms with van der Waals surface area (Å²) in [7, 11) is 0. The molecule has 122 valence electrons. The van der Waals surface area contributed by atoms with Crippen molar-refractivity contribution in [3.63, 3.8) is 0 Å².